The van der Waals surface area contributed by atoms with E-state index in [-0.39, 0.29) is 44.7 Å². The molecule has 9 heteroatoms. The lowest BCUT2D eigenvalue weighted by Gasteiger charge is -2.53. The lowest BCUT2D eigenvalue weighted by molar-refractivity contribution is -0.346. The third-order valence-corrected chi connectivity index (χ3v) is 7.57. The molecule has 9 nitrogen and oxygen atoms in total. The summed E-state index contributed by atoms with van der Waals surface area (Å²) in [7, 11) is 0. The van der Waals surface area contributed by atoms with Crippen molar-refractivity contribution in [3.8, 4) is 0 Å². The van der Waals surface area contributed by atoms with E-state index in [9.17, 15) is 19.5 Å². The summed E-state index contributed by atoms with van der Waals surface area (Å²) in [5.74, 6) is -2.09. The fourth-order valence-corrected chi connectivity index (χ4v) is 5.25. The van der Waals surface area contributed by atoms with Crippen molar-refractivity contribution in [2.45, 2.75) is 109 Å². The van der Waals surface area contributed by atoms with Crippen LogP contribution in [-0.2, 0) is 38.1 Å². The maximum Gasteiger partial charge on any atom is 0.331 e. The van der Waals surface area contributed by atoms with Crippen LogP contribution in [0.1, 0.15) is 85.0 Å². The minimum atomic E-state index is -0.984. The first-order valence-corrected chi connectivity index (χ1v) is 14.7. The number of esters is 3. The number of ether oxygens (including phenoxy) is 5. The minimum absolute atomic E-state index is 0.0215. The maximum atomic E-state index is 13.1. The molecule has 0 radical (unpaired) electrons. The van der Waals surface area contributed by atoms with E-state index in [2.05, 4.69) is 27.0 Å². The summed E-state index contributed by atoms with van der Waals surface area (Å²) in [6, 6.07) is 0. The third-order valence-electron chi connectivity index (χ3n) is 7.57. The molecule has 0 aromatic heterocycles. The molecule has 0 aromatic rings. The summed E-state index contributed by atoms with van der Waals surface area (Å²) in [6.07, 6.45) is 12.2. The van der Waals surface area contributed by atoms with Gasteiger partial charge < -0.3 is 28.8 Å². The summed E-state index contributed by atoms with van der Waals surface area (Å²) in [6.45, 7) is 13.2. The molecule has 0 unspecified atom stereocenters. The maximum absolute atomic E-state index is 13.1. The van der Waals surface area contributed by atoms with Crippen LogP contribution < -0.4 is 0 Å². The van der Waals surface area contributed by atoms with Gasteiger partial charge in [0.1, 0.15) is 24.9 Å². The van der Waals surface area contributed by atoms with E-state index in [1.165, 1.54) is 18.2 Å². The zero-order chi connectivity index (χ0) is 30.3. The Bertz CT molecular complexity index is 955. The zero-order valence-electron chi connectivity index (χ0n) is 24.9. The Hall–Kier alpha value is -2.75. The smallest absolute Gasteiger partial charge is 0.331 e. The first-order valence-electron chi connectivity index (χ1n) is 14.7. The Morgan fingerprint density at radius 1 is 1.02 bits per heavy atom. The van der Waals surface area contributed by atoms with Crippen LogP contribution in [0.25, 0.3) is 0 Å². The predicted octanol–water partition coefficient (Wildman–Crippen LogP) is 5.27. The number of aliphatic hydroxyl groups excluding tert-OH is 1. The summed E-state index contributed by atoms with van der Waals surface area (Å²) in [5, 5.41) is 9.59. The fourth-order valence-electron chi connectivity index (χ4n) is 5.25. The number of rotatable bonds is 16. The molecule has 1 N–H and O–H groups in total. The number of allylic oxidation sites excluding steroid dienone is 2. The van der Waals surface area contributed by atoms with E-state index in [0.29, 0.717) is 37.7 Å². The molecule has 0 aromatic carbocycles. The van der Waals surface area contributed by atoms with Crippen LogP contribution in [0.2, 0.25) is 0 Å². The average Bonchev–Trinajstić information content (AvgIpc) is 2.95. The highest BCUT2D eigenvalue weighted by Gasteiger charge is 2.54. The number of hydrogen-bond donors (Lipinski definition) is 1. The topological polar surface area (TPSA) is 118 Å². The van der Waals surface area contributed by atoms with Crippen molar-refractivity contribution in [1.82, 2.24) is 0 Å². The predicted molar refractivity (Wildman–Crippen MR) is 155 cm³/mol. The van der Waals surface area contributed by atoms with E-state index in [4.69, 9.17) is 23.7 Å². The van der Waals surface area contributed by atoms with Gasteiger partial charge in [-0.1, -0.05) is 57.7 Å². The molecule has 5 atom stereocenters. The van der Waals surface area contributed by atoms with Crippen LogP contribution in [0.3, 0.4) is 0 Å². The standard InChI is InChI=1S/C32H48O9/c1-6-9-16-31(41-29(35)13-12-28(34)37-21-7-2)18-19-32(17-14-25(5)26(39-32)15-20-33)40-27(31)11-10-24(4)23-30(36)38-22-8-3/h7-8,10-11,23,25-27,33H,2-3,6,9,12-22H2,1,4-5H3/b11-10+,24-23+/t25-,26+,27-,31+,32-/m0/s1. The molecule has 0 bridgehead atoms. The number of aliphatic hydroxyl groups is 1. The van der Waals surface area contributed by atoms with Gasteiger partial charge in [0.15, 0.2) is 5.79 Å². The zero-order valence-corrected chi connectivity index (χ0v) is 24.9. The molecule has 1 spiro atoms. The quantitative estimate of drug-likeness (QED) is 0.0862. The lowest BCUT2D eigenvalue weighted by Crippen LogP contribution is -2.59. The highest BCUT2D eigenvalue weighted by Crippen LogP contribution is 2.48. The molecule has 0 aliphatic carbocycles. The molecule has 2 fully saturated rings. The van der Waals surface area contributed by atoms with Crippen molar-refractivity contribution >= 4 is 17.9 Å². The Kier molecular flexibility index (Phi) is 14.5. The van der Waals surface area contributed by atoms with E-state index in [1.807, 2.05) is 6.08 Å². The first-order chi connectivity index (χ1) is 19.6. The van der Waals surface area contributed by atoms with Gasteiger partial charge in [0, 0.05) is 25.5 Å². The van der Waals surface area contributed by atoms with Crippen LogP contribution in [0.4, 0.5) is 0 Å². The number of unbranched alkanes of at least 4 members (excludes halogenated alkanes) is 1. The van der Waals surface area contributed by atoms with Gasteiger partial charge in [-0.05, 0) is 50.5 Å². The van der Waals surface area contributed by atoms with Crippen molar-refractivity contribution in [1.29, 1.82) is 0 Å². The van der Waals surface area contributed by atoms with E-state index >= 15 is 0 Å². The Morgan fingerprint density at radius 3 is 2.41 bits per heavy atom. The van der Waals surface area contributed by atoms with Crippen molar-refractivity contribution in [3.05, 3.63) is 49.1 Å². The Balaban J connectivity index is 2.34. The largest absolute Gasteiger partial charge is 0.461 e. The van der Waals surface area contributed by atoms with Gasteiger partial charge in [0.2, 0.25) is 0 Å². The average molecular weight is 577 g/mol. The normalized spacial score (nSPS) is 28.3. The van der Waals surface area contributed by atoms with E-state index in [1.54, 1.807) is 13.0 Å². The Morgan fingerprint density at radius 2 is 1.73 bits per heavy atom. The van der Waals surface area contributed by atoms with Gasteiger partial charge in [-0.2, -0.15) is 0 Å². The summed E-state index contributed by atoms with van der Waals surface area (Å²) < 4.78 is 29.5. The highest BCUT2D eigenvalue weighted by atomic mass is 16.7. The Labute approximate surface area is 244 Å². The van der Waals surface area contributed by atoms with Gasteiger partial charge in [0.25, 0.3) is 0 Å². The van der Waals surface area contributed by atoms with Crippen molar-refractivity contribution in [3.63, 3.8) is 0 Å². The number of hydrogen-bond acceptors (Lipinski definition) is 9. The highest BCUT2D eigenvalue weighted by molar-refractivity contribution is 5.83. The SMILES string of the molecule is C=CCOC(=O)/C=C(C)/C=C/[C@@H]1O[C@@]2(CC[C@H](C)[C@@H](CCO)O2)CC[C@@]1(CCCC)OC(=O)CCC(=O)OCC=C. The molecular weight excluding hydrogens is 528 g/mol. The van der Waals surface area contributed by atoms with Crippen molar-refractivity contribution in [2.75, 3.05) is 19.8 Å². The summed E-state index contributed by atoms with van der Waals surface area (Å²) in [5.41, 5.74) is -0.345. The summed E-state index contributed by atoms with van der Waals surface area (Å²) in [4.78, 5) is 37.1. The van der Waals surface area contributed by atoms with Gasteiger partial charge in [-0.3, -0.25) is 9.59 Å². The minimum Gasteiger partial charge on any atom is -0.461 e. The molecular formula is C32H48O9. The molecule has 2 rings (SSSR count). The number of carbonyl (C=O) groups is 3. The molecule has 2 saturated heterocycles. The van der Waals surface area contributed by atoms with Crippen LogP contribution in [-0.4, -0.2) is 66.4 Å². The molecule has 0 saturated carbocycles. The van der Waals surface area contributed by atoms with Gasteiger partial charge in [0.05, 0.1) is 18.9 Å². The molecule has 230 valence electrons. The molecule has 2 heterocycles. The second kappa shape index (κ2) is 17.3. The molecule has 2 aliphatic rings. The van der Waals surface area contributed by atoms with Crippen LogP contribution in [0.15, 0.2) is 49.1 Å². The van der Waals surface area contributed by atoms with E-state index < -0.39 is 35.4 Å². The van der Waals surface area contributed by atoms with Crippen LogP contribution in [0.5, 0.6) is 0 Å². The lowest BCUT2D eigenvalue weighted by atomic mass is 9.78. The summed E-state index contributed by atoms with van der Waals surface area (Å²) >= 11 is 0. The van der Waals surface area contributed by atoms with Gasteiger partial charge in [-0.15, -0.1) is 0 Å². The van der Waals surface area contributed by atoms with Gasteiger partial charge in [-0.25, -0.2) is 4.79 Å². The second-order valence-electron chi connectivity index (χ2n) is 10.9. The monoisotopic (exact) mass is 576 g/mol. The third kappa shape index (κ3) is 10.9. The molecule has 2 aliphatic heterocycles. The number of carbonyl (C=O) groups excluding carboxylic acids is 3. The molecule has 41 heavy (non-hydrogen) atoms. The van der Waals surface area contributed by atoms with E-state index in [0.717, 1.165) is 19.3 Å². The fraction of sp³-hybridized carbons (Fsp3) is 0.656. The van der Waals surface area contributed by atoms with Crippen LogP contribution in [0, 0.1) is 5.92 Å². The van der Waals surface area contributed by atoms with Crippen LogP contribution >= 0.6 is 0 Å². The van der Waals surface area contributed by atoms with Gasteiger partial charge >= 0.3 is 17.9 Å². The van der Waals surface area contributed by atoms with Crippen molar-refractivity contribution in [2.24, 2.45) is 5.92 Å². The molecule has 0 amide bonds. The first kappa shape index (κ1) is 34.5. The van der Waals surface area contributed by atoms with Crippen molar-refractivity contribution < 1.29 is 43.2 Å². The second-order valence-corrected chi connectivity index (χ2v) is 10.9.